The van der Waals surface area contributed by atoms with Gasteiger partial charge in [0.2, 0.25) is 0 Å². The van der Waals surface area contributed by atoms with Crippen molar-refractivity contribution in [3.05, 3.63) is 69.7 Å². The fourth-order valence-corrected chi connectivity index (χ4v) is 3.04. The second-order valence-corrected chi connectivity index (χ2v) is 5.85. The van der Waals surface area contributed by atoms with Gasteiger partial charge in [0, 0.05) is 17.0 Å². The third-order valence-electron chi connectivity index (χ3n) is 2.80. The molecule has 0 aliphatic heterocycles. The summed E-state index contributed by atoms with van der Waals surface area (Å²) in [5, 5.41) is 3.45. The molecule has 0 aliphatic carbocycles. The fourth-order valence-electron chi connectivity index (χ4n) is 1.89. The zero-order valence-corrected chi connectivity index (χ0v) is 11.6. The average Bonchev–Trinajstić information content (AvgIpc) is 3.11. The van der Waals surface area contributed by atoms with Crippen molar-refractivity contribution in [2.75, 3.05) is 0 Å². The van der Waals surface area contributed by atoms with Crippen LogP contribution in [0.4, 0.5) is 0 Å². The number of hydrogen-bond acceptors (Lipinski definition) is 4. The SMILES string of the molecule is Clc1ccc(C(NCc2ccoc2)c2ccco2)s1. The maximum absolute atomic E-state index is 6.01. The molecule has 0 bridgehead atoms. The van der Waals surface area contributed by atoms with Crippen molar-refractivity contribution < 1.29 is 8.83 Å². The molecule has 0 aromatic carbocycles. The van der Waals surface area contributed by atoms with E-state index in [1.165, 1.54) is 0 Å². The van der Waals surface area contributed by atoms with E-state index in [9.17, 15) is 0 Å². The van der Waals surface area contributed by atoms with Crippen LogP contribution in [0.2, 0.25) is 4.34 Å². The molecule has 3 rings (SSSR count). The summed E-state index contributed by atoms with van der Waals surface area (Å²) in [6.07, 6.45) is 5.07. The highest BCUT2D eigenvalue weighted by Gasteiger charge is 2.18. The Hall–Kier alpha value is -1.49. The first kappa shape index (κ1) is 12.5. The Balaban J connectivity index is 1.80. The minimum atomic E-state index is 0.00222. The van der Waals surface area contributed by atoms with E-state index in [2.05, 4.69) is 5.32 Å². The van der Waals surface area contributed by atoms with Crippen LogP contribution < -0.4 is 5.32 Å². The molecule has 3 heterocycles. The van der Waals surface area contributed by atoms with E-state index in [0.717, 1.165) is 20.5 Å². The third kappa shape index (κ3) is 2.92. The van der Waals surface area contributed by atoms with Crippen LogP contribution in [0.15, 0.2) is 58.0 Å². The molecule has 0 aliphatic rings. The van der Waals surface area contributed by atoms with Gasteiger partial charge in [-0.1, -0.05) is 11.6 Å². The Morgan fingerprint density at radius 1 is 1.21 bits per heavy atom. The van der Waals surface area contributed by atoms with Gasteiger partial charge in [-0.15, -0.1) is 11.3 Å². The molecule has 0 saturated heterocycles. The lowest BCUT2D eigenvalue weighted by atomic mass is 10.2. The number of thiophene rings is 1. The summed E-state index contributed by atoms with van der Waals surface area (Å²) < 4.78 is 11.3. The fraction of sp³-hybridized carbons (Fsp3) is 0.143. The normalized spacial score (nSPS) is 12.7. The summed E-state index contributed by atoms with van der Waals surface area (Å²) in [7, 11) is 0. The number of furan rings is 2. The molecule has 1 atom stereocenters. The Morgan fingerprint density at radius 2 is 2.16 bits per heavy atom. The van der Waals surface area contributed by atoms with Gasteiger partial charge in [0.25, 0.3) is 0 Å². The summed E-state index contributed by atoms with van der Waals surface area (Å²) in [6.45, 7) is 0.706. The van der Waals surface area contributed by atoms with E-state index >= 15 is 0 Å². The van der Waals surface area contributed by atoms with Crippen LogP contribution >= 0.6 is 22.9 Å². The predicted octanol–water partition coefficient (Wildman–Crippen LogP) is 4.47. The molecular weight excluding hydrogens is 282 g/mol. The molecule has 98 valence electrons. The topological polar surface area (TPSA) is 38.3 Å². The third-order valence-corrected chi connectivity index (χ3v) is 4.09. The molecule has 3 aromatic rings. The summed E-state index contributed by atoms with van der Waals surface area (Å²) in [5.41, 5.74) is 1.10. The largest absolute Gasteiger partial charge is 0.472 e. The lowest BCUT2D eigenvalue weighted by Gasteiger charge is -2.14. The van der Waals surface area contributed by atoms with E-state index in [1.54, 1.807) is 30.1 Å². The quantitative estimate of drug-likeness (QED) is 0.754. The van der Waals surface area contributed by atoms with Gasteiger partial charge in [-0.25, -0.2) is 0 Å². The maximum Gasteiger partial charge on any atom is 0.126 e. The van der Waals surface area contributed by atoms with E-state index in [-0.39, 0.29) is 6.04 Å². The van der Waals surface area contributed by atoms with Crippen LogP contribution in [0.3, 0.4) is 0 Å². The van der Waals surface area contributed by atoms with Gasteiger partial charge in [0.15, 0.2) is 0 Å². The Labute approximate surface area is 119 Å². The minimum absolute atomic E-state index is 0.00222. The number of halogens is 1. The highest BCUT2D eigenvalue weighted by molar-refractivity contribution is 7.16. The van der Waals surface area contributed by atoms with Crippen LogP contribution in [-0.4, -0.2) is 0 Å². The second-order valence-electron chi connectivity index (χ2n) is 4.10. The molecule has 5 heteroatoms. The van der Waals surface area contributed by atoms with Crippen LogP contribution in [0.25, 0.3) is 0 Å². The Morgan fingerprint density at radius 3 is 2.79 bits per heavy atom. The van der Waals surface area contributed by atoms with Gasteiger partial charge < -0.3 is 8.83 Å². The highest BCUT2D eigenvalue weighted by atomic mass is 35.5. The molecule has 0 amide bonds. The first-order valence-corrected chi connectivity index (χ1v) is 7.05. The Bertz CT molecular complexity index is 616. The van der Waals surface area contributed by atoms with Gasteiger partial charge in [-0.2, -0.15) is 0 Å². The molecule has 1 N–H and O–H groups in total. The van der Waals surface area contributed by atoms with E-state index in [1.807, 2.05) is 30.3 Å². The van der Waals surface area contributed by atoms with E-state index < -0.39 is 0 Å². The summed E-state index contributed by atoms with van der Waals surface area (Å²) in [6, 6.07) is 9.70. The first-order valence-electron chi connectivity index (χ1n) is 5.86. The molecule has 3 aromatic heterocycles. The molecule has 0 spiro atoms. The number of rotatable bonds is 5. The molecule has 3 nitrogen and oxygen atoms in total. The van der Waals surface area contributed by atoms with Crippen molar-refractivity contribution in [3.8, 4) is 0 Å². The van der Waals surface area contributed by atoms with Gasteiger partial charge in [-0.05, 0) is 30.3 Å². The summed E-state index contributed by atoms with van der Waals surface area (Å²) >= 11 is 7.56. The molecule has 1 unspecified atom stereocenters. The molecular formula is C14H12ClNO2S. The Kier molecular flexibility index (Phi) is 3.73. The van der Waals surface area contributed by atoms with Crippen molar-refractivity contribution in [1.29, 1.82) is 0 Å². The zero-order chi connectivity index (χ0) is 13.1. The van der Waals surface area contributed by atoms with Gasteiger partial charge in [0.05, 0.1) is 23.1 Å². The van der Waals surface area contributed by atoms with Crippen molar-refractivity contribution >= 4 is 22.9 Å². The lowest BCUT2D eigenvalue weighted by Crippen LogP contribution is -2.20. The number of hydrogen-bond donors (Lipinski definition) is 1. The zero-order valence-electron chi connectivity index (χ0n) is 10.0. The predicted molar refractivity (Wildman–Crippen MR) is 75.4 cm³/mol. The van der Waals surface area contributed by atoms with Crippen LogP contribution in [-0.2, 0) is 6.54 Å². The highest BCUT2D eigenvalue weighted by Crippen LogP contribution is 2.31. The van der Waals surface area contributed by atoms with Crippen LogP contribution in [0.1, 0.15) is 22.2 Å². The minimum Gasteiger partial charge on any atom is -0.472 e. The summed E-state index contributed by atoms with van der Waals surface area (Å²) in [5.74, 6) is 0.877. The number of nitrogens with one attached hydrogen (secondary N) is 1. The van der Waals surface area contributed by atoms with Gasteiger partial charge in [0.1, 0.15) is 11.8 Å². The van der Waals surface area contributed by atoms with Crippen LogP contribution in [0, 0.1) is 0 Å². The molecule has 0 radical (unpaired) electrons. The van der Waals surface area contributed by atoms with Crippen molar-refractivity contribution in [1.82, 2.24) is 5.32 Å². The standard InChI is InChI=1S/C14H12ClNO2S/c15-13-4-3-12(19-13)14(11-2-1-6-18-11)16-8-10-5-7-17-9-10/h1-7,9,14,16H,8H2. The smallest absolute Gasteiger partial charge is 0.126 e. The lowest BCUT2D eigenvalue weighted by molar-refractivity contribution is 0.448. The first-order chi connectivity index (χ1) is 9.33. The van der Waals surface area contributed by atoms with Crippen LogP contribution in [0.5, 0.6) is 0 Å². The maximum atomic E-state index is 6.01. The van der Waals surface area contributed by atoms with E-state index in [0.29, 0.717) is 6.54 Å². The van der Waals surface area contributed by atoms with Gasteiger partial charge >= 0.3 is 0 Å². The van der Waals surface area contributed by atoms with Gasteiger partial charge in [-0.3, -0.25) is 5.32 Å². The molecule has 0 fully saturated rings. The van der Waals surface area contributed by atoms with Crippen molar-refractivity contribution in [2.24, 2.45) is 0 Å². The van der Waals surface area contributed by atoms with Crippen molar-refractivity contribution in [3.63, 3.8) is 0 Å². The molecule has 19 heavy (non-hydrogen) atoms. The monoisotopic (exact) mass is 293 g/mol. The van der Waals surface area contributed by atoms with Crippen molar-refractivity contribution in [2.45, 2.75) is 12.6 Å². The van der Waals surface area contributed by atoms with E-state index in [4.69, 9.17) is 20.4 Å². The molecule has 0 saturated carbocycles. The summed E-state index contributed by atoms with van der Waals surface area (Å²) in [4.78, 5) is 1.13. The second kappa shape index (κ2) is 5.65. The average molecular weight is 294 g/mol.